The molecule has 20 heavy (non-hydrogen) atoms. The maximum absolute atomic E-state index is 2.90. The summed E-state index contributed by atoms with van der Waals surface area (Å²) < 4.78 is 0. The minimum atomic E-state index is -1.05. The molecule has 0 saturated heterocycles. The zero-order valence-electron chi connectivity index (χ0n) is 13.8. The molecule has 0 aromatic carbocycles. The summed E-state index contributed by atoms with van der Waals surface area (Å²) in [5, 5.41) is 0. The van der Waals surface area contributed by atoms with Gasteiger partial charge in [-0.3, -0.25) is 0 Å². The van der Waals surface area contributed by atoms with Crippen molar-refractivity contribution in [2.45, 2.75) is 113 Å². The third kappa shape index (κ3) is 3.11. The first-order chi connectivity index (χ1) is 9.82. The van der Waals surface area contributed by atoms with E-state index in [1.54, 1.807) is 77.0 Å². The molecular formula is C19H37P. The van der Waals surface area contributed by atoms with Crippen molar-refractivity contribution < 1.29 is 0 Å². The average molecular weight is 296 g/mol. The van der Waals surface area contributed by atoms with Gasteiger partial charge in [0.2, 0.25) is 0 Å². The van der Waals surface area contributed by atoms with Crippen LogP contribution >= 0.6 is 7.26 Å². The van der Waals surface area contributed by atoms with Gasteiger partial charge in [-0.15, -0.1) is 0 Å². The number of hydrogen-bond acceptors (Lipinski definition) is 0. The van der Waals surface area contributed by atoms with E-state index in [9.17, 15) is 0 Å². The fraction of sp³-hybridized carbons (Fsp3) is 1.00. The van der Waals surface area contributed by atoms with Crippen molar-refractivity contribution in [2.24, 2.45) is 0 Å². The first-order valence-corrected chi connectivity index (χ1v) is 12.5. The Morgan fingerprint density at radius 3 is 0.950 bits per heavy atom. The van der Waals surface area contributed by atoms with Crippen molar-refractivity contribution in [3.8, 4) is 0 Å². The second-order valence-electron chi connectivity index (χ2n) is 8.37. The molecule has 3 rings (SSSR count). The van der Waals surface area contributed by atoms with Crippen LogP contribution in [0.3, 0.4) is 0 Å². The Hall–Kier alpha value is 0.430. The summed E-state index contributed by atoms with van der Waals surface area (Å²) >= 11 is 0. The van der Waals surface area contributed by atoms with E-state index in [1.807, 2.05) is 0 Å². The molecule has 118 valence electrons. The van der Waals surface area contributed by atoms with E-state index < -0.39 is 7.26 Å². The SMILES string of the molecule is C[PH](C1CCCCC1)(C1CCCCC1)C1CCCCC1. The van der Waals surface area contributed by atoms with Gasteiger partial charge in [0, 0.05) is 0 Å². The van der Waals surface area contributed by atoms with Crippen LogP contribution in [0.1, 0.15) is 96.3 Å². The first kappa shape index (κ1) is 15.3. The molecule has 0 unspecified atom stereocenters. The molecule has 0 N–H and O–H groups in total. The quantitative estimate of drug-likeness (QED) is 0.531. The van der Waals surface area contributed by atoms with Gasteiger partial charge in [0.25, 0.3) is 0 Å². The van der Waals surface area contributed by atoms with Gasteiger partial charge in [-0.25, -0.2) is 0 Å². The topological polar surface area (TPSA) is 0 Å². The van der Waals surface area contributed by atoms with Gasteiger partial charge in [0.15, 0.2) is 0 Å². The standard InChI is InChI=1S/C19H37P/c1-20(17-11-5-2-6-12-17,18-13-7-3-8-14-18)19-15-9-4-10-16-19/h17-20H,2-16H2,1H3. The Balaban J connectivity index is 1.79. The summed E-state index contributed by atoms with van der Waals surface area (Å²) in [5.74, 6) is 0. The maximum atomic E-state index is 2.90. The van der Waals surface area contributed by atoms with Crippen molar-refractivity contribution in [1.82, 2.24) is 0 Å². The van der Waals surface area contributed by atoms with E-state index in [4.69, 9.17) is 0 Å². The Morgan fingerprint density at radius 2 is 0.700 bits per heavy atom. The van der Waals surface area contributed by atoms with Crippen molar-refractivity contribution in [2.75, 3.05) is 6.66 Å². The number of rotatable bonds is 3. The van der Waals surface area contributed by atoms with E-state index in [0.717, 1.165) is 0 Å². The van der Waals surface area contributed by atoms with E-state index in [-0.39, 0.29) is 0 Å². The molecule has 0 amide bonds. The molecule has 0 aromatic rings. The molecule has 1 heteroatoms. The average Bonchev–Trinajstić information content (AvgIpc) is 2.56. The van der Waals surface area contributed by atoms with Crippen LogP contribution in [0.25, 0.3) is 0 Å². The van der Waals surface area contributed by atoms with Gasteiger partial charge in [-0.2, -0.15) is 0 Å². The first-order valence-electron chi connectivity index (χ1n) is 9.82. The van der Waals surface area contributed by atoms with Crippen molar-refractivity contribution >= 4 is 7.26 Å². The van der Waals surface area contributed by atoms with Crippen LogP contribution in [-0.2, 0) is 0 Å². The van der Waals surface area contributed by atoms with Gasteiger partial charge in [0.1, 0.15) is 0 Å². The van der Waals surface area contributed by atoms with Gasteiger partial charge >= 0.3 is 127 Å². The van der Waals surface area contributed by atoms with Gasteiger partial charge < -0.3 is 0 Å². The zero-order valence-corrected chi connectivity index (χ0v) is 14.8. The predicted octanol–water partition coefficient (Wildman–Crippen LogP) is 6.36. The van der Waals surface area contributed by atoms with E-state index in [0.29, 0.717) is 0 Å². The Bertz CT molecular complexity index is 235. The monoisotopic (exact) mass is 296 g/mol. The van der Waals surface area contributed by atoms with Crippen LogP contribution in [0.2, 0.25) is 0 Å². The Kier molecular flexibility index (Phi) is 5.46. The third-order valence-corrected chi connectivity index (χ3v) is 14.5. The summed E-state index contributed by atoms with van der Waals surface area (Å²) in [7, 11) is -1.05. The second-order valence-corrected chi connectivity index (χ2v) is 13.6. The van der Waals surface area contributed by atoms with Gasteiger partial charge in [-0.1, -0.05) is 0 Å². The fourth-order valence-electron chi connectivity index (χ4n) is 6.17. The fourth-order valence-corrected chi connectivity index (χ4v) is 13.1. The van der Waals surface area contributed by atoms with Crippen LogP contribution in [0, 0.1) is 0 Å². The summed E-state index contributed by atoms with van der Waals surface area (Å²) in [6.07, 6.45) is 23.7. The molecule has 0 nitrogen and oxygen atoms in total. The Labute approximate surface area is 127 Å². The molecule has 0 bridgehead atoms. The minimum absolute atomic E-state index is 1.05. The van der Waals surface area contributed by atoms with Gasteiger partial charge in [-0.05, 0) is 0 Å². The van der Waals surface area contributed by atoms with Crippen LogP contribution in [0.4, 0.5) is 0 Å². The molecule has 3 fully saturated rings. The van der Waals surface area contributed by atoms with Crippen LogP contribution in [-0.4, -0.2) is 23.6 Å². The second kappa shape index (κ2) is 7.13. The molecule has 0 spiro atoms. The number of hydrogen-bond donors (Lipinski definition) is 0. The molecule has 0 radical (unpaired) electrons. The molecule has 3 aliphatic rings. The normalized spacial score (nSPS) is 29.4. The summed E-state index contributed by atoms with van der Waals surface area (Å²) in [6.45, 7) is 2.90. The van der Waals surface area contributed by atoms with Crippen molar-refractivity contribution in [3.05, 3.63) is 0 Å². The van der Waals surface area contributed by atoms with E-state index in [1.165, 1.54) is 36.2 Å². The molecule has 3 saturated carbocycles. The van der Waals surface area contributed by atoms with Gasteiger partial charge in [0.05, 0.1) is 0 Å². The third-order valence-electron chi connectivity index (χ3n) is 7.45. The summed E-state index contributed by atoms with van der Waals surface area (Å²) in [6, 6.07) is 0. The van der Waals surface area contributed by atoms with Crippen molar-refractivity contribution in [3.63, 3.8) is 0 Å². The molecule has 3 aliphatic carbocycles. The van der Waals surface area contributed by atoms with Crippen molar-refractivity contribution in [1.29, 1.82) is 0 Å². The summed E-state index contributed by atoms with van der Waals surface area (Å²) in [5.41, 5.74) is 3.63. The Morgan fingerprint density at radius 1 is 0.450 bits per heavy atom. The summed E-state index contributed by atoms with van der Waals surface area (Å²) in [4.78, 5) is 0. The molecule has 0 heterocycles. The zero-order chi connectivity index (χ0) is 13.8. The van der Waals surface area contributed by atoms with Crippen LogP contribution in [0.15, 0.2) is 0 Å². The molecule has 0 atom stereocenters. The van der Waals surface area contributed by atoms with E-state index in [2.05, 4.69) is 6.66 Å². The van der Waals surface area contributed by atoms with E-state index >= 15 is 0 Å². The molecular weight excluding hydrogens is 259 g/mol. The molecule has 0 aromatic heterocycles. The molecule has 0 aliphatic heterocycles. The van der Waals surface area contributed by atoms with Crippen LogP contribution in [0.5, 0.6) is 0 Å². The van der Waals surface area contributed by atoms with Crippen LogP contribution < -0.4 is 0 Å². The predicted molar refractivity (Wildman–Crippen MR) is 94.9 cm³/mol.